The van der Waals surface area contributed by atoms with Gasteiger partial charge in [-0.2, -0.15) is 8.78 Å². The average Bonchev–Trinajstić information content (AvgIpc) is 2.90. The van der Waals surface area contributed by atoms with Crippen LogP contribution < -0.4 is 0 Å². The van der Waals surface area contributed by atoms with Gasteiger partial charge in [-0.1, -0.05) is 35.9 Å². The fraction of sp³-hybridized carbons (Fsp3) is 0.714. The molecule has 2 saturated carbocycles. The molecule has 2 nitrogen and oxygen atoms in total. The largest absolute Gasteiger partial charge is 0.299 e. The number of alkyl halides is 2. The number of thioether (sulfide) groups is 1. The van der Waals surface area contributed by atoms with E-state index in [4.69, 9.17) is 0 Å². The van der Waals surface area contributed by atoms with Crippen molar-refractivity contribution >= 4 is 23.3 Å². The van der Waals surface area contributed by atoms with Crippen molar-refractivity contribution in [1.82, 2.24) is 0 Å². The third-order valence-electron chi connectivity index (χ3n) is 7.57. The van der Waals surface area contributed by atoms with E-state index in [2.05, 4.69) is 13.0 Å². The van der Waals surface area contributed by atoms with E-state index in [0.717, 1.165) is 32.1 Å². The lowest BCUT2D eigenvalue weighted by Crippen LogP contribution is -2.46. The van der Waals surface area contributed by atoms with Crippen LogP contribution in [0.3, 0.4) is 0 Å². The van der Waals surface area contributed by atoms with E-state index in [-0.39, 0.29) is 16.6 Å². The smallest absolute Gasteiger partial charge is 0.284 e. The van der Waals surface area contributed by atoms with Crippen LogP contribution in [0.15, 0.2) is 23.3 Å². The van der Waals surface area contributed by atoms with Gasteiger partial charge >= 0.3 is 0 Å². The molecule has 0 saturated heterocycles. The number of carbonyl (C=O) groups excluding carboxylic acids is 2. The van der Waals surface area contributed by atoms with Crippen molar-refractivity contribution in [3.63, 3.8) is 0 Å². The number of fused-ring (bicyclic) bond motifs is 5. The summed E-state index contributed by atoms with van der Waals surface area (Å²) in [6.45, 7) is 2.12. The third kappa shape index (κ3) is 2.73. The molecule has 0 amide bonds. The average molecular weight is 381 g/mol. The topological polar surface area (TPSA) is 34.1 Å². The molecule has 0 unspecified atom stereocenters. The predicted molar refractivity (Wildman–Crippen MR) is 99.1 cm³/mol. The lowest BCUT2D eigenvalue weighted by molar-refractivity contribution is -0.127. The summed E-state index contributed by atoms with van der Waals surface area (Å²) >= 11 is 0.708. The molecule has 0 aliphatic heterocycles. The molecule has 2 fully saturated rings. The standard InChI is InChI=1S/C21H26F2O2S/c1-20-8-7-17-15(16(20)4-5-18(20)25)3-2-13-12-14(24)6-9-21(13,17)10-11-26-19(22)23/h7,12,15-16,19H,2-6,8-11H2,1H3/t15-,16-,20-,21+/m0/s1. The molecule has 0 bridgehead atoms. The molecule has 26 heavy (non-hydrogen) atoms. The Morgan fingerprint density at radius 2 is 2.04 bits per heavy atom. The molecule has 4 aliphatic rings. The lowest BCUT2D eigenvalue weighted by atomic mass is 9.50. The van der Waals surface area contributed by atoms with Crippen molar-refractivity contribution in [2.24, 2.45) is 22.7 Å². The summed E-state index contributed by atoms with van der Waals surface area (Å²) in [5.74, 6) is -0.614. The number of Topliss-reactive ketones (excluding diaryl/α,β-unsaturated/α-hetero) is 1. The van der Waals surface area contributed by atoms with Crippen LogP contribution in [-0.2, 0) is 9.59 Å². The third-order valence-corrected chi connectivity index (χ3v) is 8.26. The first-order chi connectivity index (χ1) is 12.4. The Labute approximate surface area is 157 Å². The Balaban J connectivity index is 1.71. The Morgan fingerprint density at radius 3 is 2.81 bits per heavy atom. The van der Waals surface area contributed by atoms with Gasteiger partial charge in [0.05, 0.1) is 0 Å². The van der Waals surface area contributed by atoms with E-state index in [0.29, 0.717) is 54.4 Å². The second kappa shape index (κ2) is 6.57. The summed E-state index contributed by atoms with van der Waals surface area (Å²) in [6.07, 6.45) is 10.3. The minimum Gasteiger partial charge on any atom is -0.299 e. The second-order valence-electron chi connectivity index (χ2n) is 8.59. The van der Waals surface area contributed by atoms with E-state index < -0.39 is 5.76 Å². The minimum atomic E-state index is -2.35. The van der Waals surface area contributed by atoms with Crippen molar-refractivity contribution in [3.8, 4) is 0 Å². The molecule has 0 radical (unpaired) electrons. The number of halogens is 2. The first kappa shape index (κ1) is 18.4. The van der Waals surface area contributed by atoms with Gasteiger partial charge in [-0.3, -0.25) is 9.59 Å². The molecule has 142 valence electrons. The molecule has 0 aromatic carbocycles. The number of carbonyl (C=O) groups is 2. The van der Waals surface area contributed by atoms with Gasteiger partial charge in [0.25, 0.3) is 5.76 Å². The van der Waals surface area contributed by atoms with Crippen LogP contribution in [0.5, 0.6) is 0 Å². The molecular weight excluding hydrogens is 354 g/mol. The molecule has 0 aromatic rings. The Kier molecular flexibility index (Phi) is 4.65. The van der Waals surface area contributed by atoms with Crippen molar-refractivity contribution in [1.29, 1.82) is 0 Å². The van der Waals surface area contributed by atoms with Gasteiger partial charge in [0, 0.05) is 23.7 Å². The summed E-state index contributed by atoms with van der Waals surface area (Å²) in [5, 5.41) is 0. The first-order valence-electron chi connectivity index (χ1n) is 9.74. The predicted octanol–water partition coefficient (Wildman–Crippen LogP) is 5.33. The highest BCUT2D eigenvalue weighted by Gasteiger charge is 2.56. The van der Waals surface area contributed by atoms with Gasteiger partial charge in [0.2, 0.25) is 0 Å². The maximum absolute atomic E-state index is 12.7. The SMILES string of the molecule is C[C@]12CC=C3[C@@H](CCC4=CC(=O)CC[C@@]43CCSC(F)F)[C@@H]1CCC2=O. The van der Waals surface area contributed by atoms with Gasteiger partial charge in [-0.25, -0.2) is 0 Å². The Morgan fingerprint density at radius 1 is 1.23 bits per heavy atom. The zero-order valence-electron chi connectivity index (χ0n) is 15.2. The summed E-state index contributed by atoms with van der Waals surface area (Å²) in [5.41, 5.74) is 2.08. The number of rotatable bonds is 4. The summed E-state index contributed by atoms with van der Waals surface area (Å²) < 4.78 is 25.4. The molecule has 4 atom stereocenters. The van der Waals surface area contributed by atoms with Crippen molar-refractivity contribution in [2.45, 2.75) is 64.0 Å². The van der Waals surface area contributed by atoms with Crippen LogP contribution in [0.25, 0.3) is 0 Å². The van der Waals surface area contributed by atoms with Crippen LogP contribution >= 0.6 is 11.8 Å². The summed E-state index contributed by atoms with van der Waals surface area (Å²) in [6, 6.07) is 0. The summed E-state index contributed by atoms with van der Waals surface area (Å²) in [7, 11) is 0. The highest BCUT2D eigenvalue weighted by atomic mass is 32.2. The molecular formula is C21H26F2O2S. The zero-order chi connectivity index (χ0) is 18.5. The van der Waals surface area contributed by atoms with Gasteiger partial charge in [0.15, 0.2) is 5.78 Å². The van der Waals surface area contributed by atoms with Crippen LogP contribution in [0.2, 0.25) is 0 Å². The zero-order valence-corrected chi connectivity index (χ0v) is 16.0. The highest BCUT2D eigenvalue weighted by molar-refractivity contribution is 7.99. The monoisotopic (exact) mass is 380 g/mol. The molecule has 4 aliphatic carbocycles. The van der Waals surface area contributed by atoms with Crippen LogP contribution in [-0.4, -0.2) is 23.1 Å². The van der Waals surface area contributed by atoms with E-state index in [1.807, 2.05) is 0 Å². The molecule has 0 spiro atoms. The van der Waals surface area contributed by atoms with Crippen LogP contribution in [0.1, 0.15) is 58.3 Å². The number of hydrogen-bond acceptors (Lipinski definition) is 3. The van der Waals surface area contributed by atoms with Gasteiger partial charge in [-0.15, -0.1) is 0 Å². The highest BCUT2D eigenvalue weighted by Crippen LogP contribution is 2.63. The molecule has 5 heteroatoms. The maximum atomic E-state index is 12.7. The number of allylic oxidation sites excluding steroid dienone is 4. The fourth-order valence-electron chi connectivity index (χ4n) is 6.21. The fourth-order valence-corrected chi connectivity index (χ4v) is 6.86. The summed E-state index contributed by atoms with van der Waals surface area (Å²) in [4.78, 5) is 24.5. The van der Waals surface area contributed by atoms with Crippen molar-refractivity contribution < 1.29 is 18.4 Å². The normalized spacial score (nSPS) is 39.2. The quantitative estimate of drug-likeness (QED) is 0.618. The van der Waals surface area contributed by atoms with Crippen LogP contribution in [0, 0.1) is 22.7 Å². The number of hydrogen-bond donors (Lipinski definition) is 0. The van der Waals surface area contributed by atoms with Gasteiger partial charge in [-0.05, 0) is 62.2 Å². The molecule has 0 N–H and O–H groups in total. The maximum Gasteiger partial charge on any atom is 0.284 e. The van der Waals surface area contributed by atoms with Gasteiger partial charge < -0.3 is 0 Å². The molecule has 0 aromatic heterocycles. The van der Waals surface area contributed by atoms with Crippen molar-refractivity contribution in [2.75, 3.05) is 5.75 Å². The van der Waals surface area contributed by atoms with E-state index in [9.17, 15) is 18.4 Å². The van der Waals surface area contributed by atoms with Crippen LogP contribution in [0.4, 0.5) is 8.78 Å². The molecule has 4 rings (SSSR count). The molecule has 0 heterocycles. The van der Waals surface area contributed by atoms with Crippen molar-refractivity contribution in [3.05, 3.63) is 23.3 Å². The Bertz CT molecular complexity index is 698. The van der Waals surface area contributed by atoms with E-state index in [1.165, 1.54) is 11.1 Å². The van der Waals surface area contributed by atoms with Gasteiger partial charge in [0.1, 0.15) is 5.78 Å². The Hall–Kier alpha value is -0.970. The second-order valence-corrected chi connectivity index (χ2v) is 9.69. The van der Waals surface area contributed by atoms with E-state index in [1.54, 1.807) is 6.08 Å². The van der Waals surface area contributed by atoms with E-state index >= 15 is 0 Å². The first-order valence-corrected chi connectivity index (χ1v) is 10.8. The lowest BCUT2D eigenvalue weighted by Gasteiger charge is -2.53. The number of ketones is 2. The minimum absolute atomic E-state index is 0.174.